The summed E-state index contributed by atoms with van der Waals surface area (Å²) in [5.74, 6) is 0.859. The number of nitrogens with zero attached hydrogens (tertiary/aromatic N) is 1. The third-order valence-electron chi connectivity index (χ3n) is 1.84. The molecule has 2 aromatic rings. The number of aromatic amines is 2. The average molecular weight is 270 g/mol. The summed E-state index contributed by atoms with van der Waals surface area (Å²) in [6.07, 6.45) is 0.764. The van der Waals surface area contributed by atoms with Crippen molar-refractivity contribution < 1.29 is 0 Å². The van der Waals surface area contributed by atoms with Crippen LogP contribution in [0.2, 0.25) is 0 Å². The molecule has 0 bridgehead atoms. The topological polar surface area (TPSA) is 44.5 Å². The number of nitrogens with one attached hydrogen (secondary N) is 2. The SMILES string of the molecule is S=c1nc(Cc2ccc(Br)cc2)[nH][nH]1. The molecular formula is C9H8BrN3S. The van der Waals surface area contributed by atoms with E-state index in [0.717, 1.165) is 16.7 Å². The molecule has 0 saturated carbocycles. The molecule has 0 spiro atoms. The Morgan fingerprint density at radius 2 is 1.93 bits per heavy atom. The van der Waals surface area contributed by atoms with Crippen molar-refractivity contribution in [3.05, 3.63) is 44.9 Å². The van der Waals surface area contributed by atoms with Gasteiger partial charge in [0, 0.05) is 10.9 Å². The maximum absolute atomic E-state index is 4.86. The molecule has 0 amide bonds. The van der Waals surface area contributed by atoms with Crippen LogP contribution in [0.3, 0.4) is 0 Å². The maximum Gasteiger partial charge on any atom is 0.213 e. The first-order valence-corrected chi connectivity index (χ1v) is 5.32. The largest absolute Gasteiger partial charge is 0.285 e. The highest BCUT2D eigenvalue weighted by Gasteiger charge is 1.98. The van der Waals surface area contributed by atoms with Gasteiger partial charge in [0.25, 0.3) is 0 Å². The molecule has 0 fully saturated rings. The van der Waals surface area contributed by atoms with E-state index in [-0.39, 0.29) is 0 Å². The van der Waals surface area contributed by atoms with Crippen LogP contribution >= 0.6 is 28.1 Å². The molecule has 1 aromatic heterocycles. The van der Waals surface area contributed by atoms with Gasteiger partial charge in [-0.05, 0) is 29.9 Å². The average Bonchev–Trinajstić information content (AvgIpc) is 2.56. The molecule has 0 aliphatic heterocycles. The fourth-order valence-electron chi connectivity index (χ4n) is 1.18. The molecule has 0 aliphatic rings. The van der Waals surface area contributed by atoms with Crippen LogP contribution in [0.1, 0.15) is 11.4 Å². The second-order valence-electron chi connectivity index (χ2n) is 2.92. The summed E-state index contributed by atoms with van der Waals surface area (Å²) < 4.78 is 1.58. The van der Waals surface area contributed by atoms with E-state index in [2.05, 4.69) is 43.2 Å². The van der Waals surface area contributed by atoms with Gasteiger partial charge in [0.15, 0.2) is 0 Å². The van der Waals surface area contributed by atoms with E-state index in [1.165, 1.54) is 5.56 Å². The number of H-pyrrole nitrogens is 2. The number of benzene rings is 1. The molecule has 2 N–H and O–H groups in total. The van der Waals surface area contributed by atoms with Crippen molar-refractivity contribution in [2.24, 2.45) is 0 Å². The second kappa shape index (κ2) is 4.06. The van der Waals surface area contributed by atoms with E-state index in [1.54, 1.807) is 0 Å². The van der Waals surface area contributed by atoms with Crippen molar-refractivity contribution in [1.82, 2.24) is 15.2 Å². The van der Waals surface area contributed by atoms with E-state index >= 15 is 0 Å². The Bertz CT molecular complexity index is 471. The Morgan fingerprint density at radius 1 is 1.21 bits per heavy atom. The number of hydrogen-bond acceptors (Lipinski definition) is 2. The first-order valence-electron chi connectivity index (χ1n) is 4.12. The zero-order chi connectivity index (χ0) is 9.97. The summed E-state index contributed by atoms with van der Waals surface area (Å²) in [6.45, 7) is 0. The molecule has 3 nitrogen and oxygen atoms in total. The van der Waals surface area contributed by atoms with Gasteiger partial charge in [-0.3, -0.25) is 10.2 Å². The molecule has 0 unspecified atom stereocenters. The lowest BCUT2D eigenvalue weighted by atomic mass is 10.1. The first kappa shape index (κ1) is 9.61. The van der Waals surface area contributed by atoms with Crippen molar-refractivity contribution in [1.29, 1.82) is 0 Å². The predicted octanol–water partition coefficient (Wildman–Crippen LogP) is 2.82. The van der Waals surface area contributed by atoms with Gasteiger partial charge in [-0.1, -0.05) is 28.1 Å². The minimum absolute atomic E-state index is 0.497. The molecule has 0 atom stereocenters. The minimum atomic E-state index is 0.497. The van der Waals surface area contributed by atoms with Gasteiger partial charge in [0.1, 0.15) is 5.82 Å². The first-order chi connectivity index (χ1) is 6.74. The fraction of sp³-hybridized carbons (Fsp3) is 0.111. The predicted molar refractivity (Wildman–Crippen MR) is 60.7 cm³/mol. The number of aromatic nitrogens is 3. The highest BCUT2D eigenvalue weighted by atomic mass is 79.9. The zero-order valence-corrected chi connectivity index (χ0v) is 9.65. The molecule has 14 heavy (non-hydrogen) atoms. The van der Waals surface area contributed by atoms with Gasteiger partial charge in [0.2, 0.25) is 4.77 Å². The molecular weight excluding hydrogens is 262 g/mol. The molecule has 1 aromatic carbocycles. The lowest BCUT2D eigenvalue weighted by Crippen LogP contribution is -1.90. The monoisotopic (exact) mass is 269 g/mol. The summed E-state index contributed by atoms with van der Waals surface area (Å²) in [7, 11) is 0. The van der Waals surface area contributed by atoms with Gasteiger partial charge in [0.05, 0.1) is 0 Å². The van der Waals surface area contributed by atoms with Crippen LogP contribution in [-0.4, -0.2) is 15.2 Å². The summed E-state index contributed by atoms with van der Waals surface area (Å²) >= 11 is 8.25. The van der Waals surface area contributed by atoms with E-state index in [9.17, 15) is 0 Å². The van der Waals surface area contributed by atoms with Crippen LogP contribution in [0.15, 0.2) is 28.7 Å². The van der Waals surface area contributed by atoms with E-state index < -0.39 is 0 Å². The molecule has 2 rings (SSSR count). The Morgan fingerprint density at radius 3 is 2.50 bits per heavy atom. The minimum Gasteiger partial charge on any atom is -0.285 e. The van der Waals surface area contributed by atoms with Crippen LogP contribution in [0, 0.1) is 4.77 Å². The quantitative estimate of drug-likeness (QED) is 0.824. The van der Waals surface area contributed by atoms with Gasteiger partial charge in [-0.15, -0.1) is 0 Å². The van der Waals surface area contributed by atoms with Crippen molar-refractivity contribution in [3.8, 4) is 0 Å². The van der Waals surface area contributed by atoms with Crippen LogP contribution in [0.5, 0.6) is 0 Å². The highest BCUT2D eigenvalue weighted by molar-refractivity contribution is 9.10. The molecule has 72 valence electrons. The van der Waals surface area contributed by atoms with Crippen molar-refractivity contribution >= 4 is 28.1 Å². The Balaban J connectivity index is 2.19. The third kappa shape index (κ3) is 2.30. The van der Waals surface area contributed by atoms with Crippen molar-refractivity contribution in [3.63, 3.8) is 0 Å². The van der Waals surface area contributed by atoms with Crippen LogP contribution in [0.4, 0.5) is 0 Å². The summed E-state index contributed by atoms with van der Waals surface area (Å²) in [6, 6.07) is 8.12. The smallest absolute Gasteiger partial charge is 0.213 e. The van der Waals surface area contributed by atoms with Crippen molar-refractivity contribution in [2.75, 3.05) is 0 Å². The Labute approximate surface area is 94.7 Å². The molecule has 1 heterocycles. The van der Waals surface area contributed by atoms with Gasteiger partial charge in [-0.2, -0.15) is 0 Å². The standard InChI is InChI=1S/C9H8BrN3S/c10-7-3-1-6(2-4-7)5-8-11-9(14)13-12-8/h1-4H,5H2,(H2,11,12,13,14). The lowest BCUT2D eigenvalue weighted by molar-refractivity contribution is 0.971. The molecule has 0 aliphatic carbocycles. The number of hydrogen-bond donors (Lipinski definition) is 2. The van der Waals surface area contributed by atoms with Gasteiger partial charge < -0.3 is 0 Å². The van der Waals surface area contributed by atoms with Crippen LogP contribution in [0.25, 0.3) is 0 Å². The number of rotatable bonds is 2. The lowest BCUT2D eigenvalue weighted by Gasteiger charge is -1.97. The summed E-state index contributed by atoms with van der Waals surface area (Å²) in [4.78, 5) is 4.12. The zero-order valence-electron chi connectivity index (χ0n) is 7.25. The van der Waals surface area contributed by atoms with Gasteiger partial charge in [-0.25, -0.2) is 4.98 Å². The number of halogens is 1. The van der Waals surface area contributed by atoms with Crippen molar-refractivity contribution in [2.45, 2.75) is 6.42 Å². The maximum atomic E-state index is 4.86. The Hall–Kier alpha value is -0.940. The second-order valence-corrected chi connectivity index (χ2v) is 4.22. The molecule has 5 heteroatoms. The fourth-order valence-corrected chi connectivity index (χ4v) is 1.61. The summed E-state index contributed by atoms with van der Waals surface area (Å²) in [5, 5.41) is 5.69. The van der Waals surface area contributed by atoms with E-state index in [0.29, 0.717) is 4.77 Å². The summed E-state index contributed by atoms with van der Waals surface area (Å²) in [5.41, 5.74) is 1.20. The van der Waals surface area contributed by atoms with E-state index in [4.69, 9.17) is 12.2 Å². The van der Waals surface area contributed by atoms with Gasteiger partial charge >= 0.3 is 0 Å². The Kier molecular flexibility index (Phi) is 2.79. The molecule has 0 radical (unpaired) electrons. The van der Waals surface area contributed by atoms with E-state index in [1.807, 2.05) is 12.1 Å². The van der Waals surface area contributed by atoms with Crippen LogP contribution in [-0.2, 0) is 6.42 Å². The highest BCUT2D eigenvalue weighted by Crippen LogP contribution is 2.12. The molecule has 0 saturated heterocycles. The normalized spacial score (nSPS) is 10.4. The third-order valence-corrected chi connectivity index (χ3v) is 2.56. The van der Waals surface area contributed by atoms with Crippen LogP contribution < -0.4 is 0 Å².